The quantitative estimate of drug-likeness (QED) is 0.207. The van der Waals surface area contributed by atoms with Crippen LogP contribution in [-0.2, 0) is 29.1 Å². The summed E-state index contributed by atoms with van der Waals surface area (Å²) in [5.74, 6) is 0.589. The number of rotatable bonds is 10. The van der Waals surface area contributed by atoms with Crippen LogP contribution >= 0.6 is 23.2 Å². The van der Waals surface area contributed by atoms with Crippen LogP contribution in [0.4, 0.5) is 0 Å². The number of halogens is 2. The average Bonchev–Trinajstić information content (AvgIpc) is 3.48. The van der Waals surface area contributed by atoms with Crippen LogP contribution in [0.2, 0.25) is 10.0 Å². The minimum Gasteiger partial charge on any atom is -0.496 e. The van der Waals surface area contributed by atoms with E-state index in [1.54, 1.807) is 20.4 Å². The molecule has 10 nitrogen and oxygen atoms in total. The Balaban J connectivity index is 1.15. The van der Waals surface area contributed by atoms with Crippen molar-refractivity contribution < 1.29 is 24.2 Å². The lowest BCUT2D eigenvalue weighted by Crippen LogP contribution is -2.56. The second-order valence-corrected chi connectivity index (χ2v) is 13.9. The Morgan fingerprint density at radius 1 is 1.02 bits per heavy atom. The number of carbonyl (C=O) groups is 2. The molecule has 5 heterocycles. The number of nitrogens with one attached hydrogen (secondary N) is 1. The molecule has 2 aromatic heterocycles. The number of benzene rings is 2. The highest BCUT2D eigenvalue weighted by Gasteiger charge is 2.48. The Morgan fingerprint density at radius 2 is 1.82 bits per heavy atom. The SMILES string of the molecule is COc1cc(-c2nccc(-c3cccc(-c4ccc(CN5CC6(CNC(=O)C6)C5)c(OC)n4)c3Cl)c2Cl)cc2c1CN(CCC(=O)O)CC2. The summed E-state index contributed by atoms with van der Waals surface area (Å²) in [5, 5.41) is 13.1. The molecule has 2 N–H and O–H groups in total. The largest absolute Gasteiger partial charge is 0.496 e. The first-order valence-corrected chi connectivity index (χ1v) is 17.0. The smallest absolute Gasteiger partial charge is 0.304 e. The molecule has 0 atom stereocenters. The van der Waals surface area contributed by atoms with Gasteiger partial charge in [0.25, 0.3) is 0 Å². The number of methoxy groups -OCH3 is 2. The molecular formula is C37H37Cl2N5O5. The maximum atomic E-state index is 11.7. The second-order valence-electron chi connectivity index (χ2n) is 13.1. The lowest BCUT2D eigenvalue weighted by atomic mass is 9.79. The topological polar surface area (TPSA) is 117 Å². The van der Waals surface area contributed by atoms with E-state index in [-0.39, 0.29) is 17.7 Å². The summed E-state index contributed by atoms with van der Waals surface area (Å²) in [7, 11) is 3.26. The number of pyridine rings is 2. The van der Waals surface area contributed by atoms with Gasteiger partial charge in [0.2, 0.25) is 11.8 Å². The first-order valence-electron chi connectivity index (χ1n) is 16.3. The molecule has 0 aliphatic carbocycles. The van der Waals surface area contributed by atoms with Crippen LogP contribution in [0.3, 0.4) is 0 Å². The first kappa shape index (κ1) is 33.3. The number of fused-ring (bicyclic) bond motifs is 1. The maximum absolute atomic E-state index is 11.7. The molecule has 1 spiro atoms. The molecule has 1 amide bonds. The number of likely N-dealkylation sites (tertiary alicyclic amines) is 1. The fourth-order valence-corrected chi connectivity index (χ4v) is 8.04. The Bertz CT molecular complexity index is 1930. The van der Waals surface area contributed by atoms with Crippen molar-refractivity contribution in [3.63, 3.8) is 0 Å². The third-order valence-electron chi connectivity index (χ3n) is 9.81. The molecule has 49 heavy (non-hydrogen) atoms. The summed E-state index contributed by atoms with van der Waals surface area (Å²) in [4.78, 5) is 36.8. The van der Waals surface area contributed by atoms with Crippen LogP contribution in [0.25, 0.3) is 33.6 Å². The number of carboxylic acid groups (broad SMARTS) is 1. The van der Waals surface area contributed by atoms with Crippen LogP contribution in [0.1, 0.15) is 29.5 Å². The van der Waals surface area contributed by atoms with E-state index in [9.17, 15) is 9.59 Å². The summed E-state index contributed by atoms with van der Waals surface area (Å²) < 4.78 is 11.5. The molecule has 7 rings (SSSR count). The van der Waals surface area contributed by atoms with E-state index in [0.29, 0.717) is 53.4 Å². The van der Waals surface area contributed by atoms with Gasteiger partial charge in [-0.15, -0.1) is 0 Å². The second kappa shape index (κ2) is 13.6. The van der Waals surface area contributed by atoms with E-state index in [1.165, 1.54) is 0 Å². The number of ether oxygens (including phenoxy) is 2. The zero-order valence-corrected chi connectivity index (χ0v) is 28.9. The Hall–Kier alpha value is -4.22. The first-order chi connectivity index (χ1) is 23.7. The van der Waals surface area contributed by atoms with Gasteiger partial charge in [0.1, 0.15) is 5.75 Å². The van der Waals surface area contributed by atoms with Crippen molar-refractivity contribution in [2.75, 3.05) is 46.9 Å². The number of hydrogen-bond donors (Lipinski definition) is 2. The van der Waals surface area contributed by atoms with Crippen LogP contribution in [0.15, 0.2) is 54.7 Å². The van der Waals surface area contributed by atoms with Gasteiger partial charge < -0.3 is 19.9 Å². The Morgan fingerprint density at radius 3 is 2.55 bits per heavy atom. The van der Waals surface area contributed by atoms with Crippen molar-refractivity contribution in [3.05, 3.63) is 81.5 Å². The third-order valence-corrected chi connectivity index (χ3v) is 10.6. The van der Waals surface area contributed by atoms with Crippen molar-refractivity contribution in [2.24, 2.45) is 5.41 Å². The molecule has 3 aliphatic rings. The van der Waals surface area contributed by atoms with Gasteiger partial charge in [0, 0.05) is 97.2 Å². The molecule has 0 saturated carbocycles. The fraction of sp³-hybridized carbons (Fsp3) is 0.351. The van der Waals surface area contributed by atoms with Crippen molar-refractivity contribution in [2.45, 2.75) is 32.4 Å². The highest BCUT2D eigenvalue weighted by Crippen LogP contribution is 2.44. The zero-order chi connectivity index (χ0) is 34.3. The number of nitrogens with zero attached hydrogens (tertiary/aromatic N) is 4. The van der Waals surface area contributed by atoms with Crippen LogP contribution < -0.4 is 14.8 Å². The van der Waals surface area contributed by atoms with Gasteiger partial charge in [0.05, 0.1) is 42.1 Å². The van der Waals surface area contributed by atoms with Gasteiger partial charge in [0.15, 0.2) is 0 Å². The van der Waals surface area contributed by atoms with Crippen LogP contribution in [0, 0.1) is 5.41 Å². The van der Waals surface area contributed by atoms with E-state index in [2.05, 4.69) is 26.2 Å². The predicted molar refractivity (Wildman–Crippen MR) is 188 cm³/mol. The maximum Gasteiger partial charge on any atom is 0.304 e. The number of carboxylic acids is 1. The minimum absolute atomic E-state index is 0.0538. The molecule has 2 aromatic carbocycles. The van der Waals surface area contributed by atoms with Crippen molar-refractivity contribution in [1.29, 1.82) is 0 Å². The predicted octanol–water partition coefficient (Wildman–Crippen LogP) is 5.96. The van der Waals surface area contributed by atoms with Gasteiger partial charge in [-0.1, -0.05) is 47.5 Å². The van der Waals surface area contributed by atoms with E-state index < -0.39 is 5.97 Å². The van der Waals surface area contributed by atoms with Crippen LogP contribution in [-0.4, -0.2) is 83.7 Å². The van der Waals surface area contributed by atoms with E-state index >= 15 is 0 Å². The number of aromatic nitrogens is 2. The molecule has 2 fully saturated rings. The van der Waals surface area contributed by atoms with Gasteiger partial charge in [-0.2, -0.15) is 0 Å². The molecule has 0 unspecified atom stereocenters. The summed E-state index contributed by atoms with van der Waals surface area (Å²) in [5.41, 5.74) is 7.58. The summed E-state index contributed by atoms with van der Waals surface area (Å²) in [6.45, 7) is 5.03. The number of amides is 1. The normalized spacial score (nSPS) is 17.0. The summed E-state index contributed by atoms with van der Waals surface area (Å²) >= 11 is 14.2. The molecule has 3 aliphatic heterocycles. The molecule has 254 valence electrons. The van der Waals surface area contributed by atoms with Gasteiger partial charge >= 0.3 is 5.97 Å². The van der Waals surface area contributed by atoms with Crippen molar-refractivity contribution in [3.8, 4) is 45.3 Å². The van der Waals surface area contributed by atoms with Gasteiger partial charge in [-0.25, -0.2) is 4.98 Å². The Labute approximate surface area is 295 Å². The number of hydrogen-bond acceptors (Lipinski definition) is 8. The van der Waals surface area contributed by atoms with E-state index in [1.807, 2.05) is 42.5 Å². The molecular weight excluding hydrogens is 665 g/mol. The van der Waals surface area contributed by atoms with Gasteiger partial charge in [-0.05, 0) is 36.2 Å². The van der Waals surface area contributed by atoms with Crippen molar-refractivity contribution >= 4 is 35.1 Å². The number of aliphatic carboxylic acids is 1. The highest BCUT2D eigenvalue weighted by atomic mass is 35.5. The monoisotopic (exact) mass is 701 g/mol. The third kappa shape index (κ3) is 6.58. The standard InChI is InChI=1S/C37H37Cl2N5O5/c1-48-30-15-24(14-22-9-12-43(18-28(22)30)13-10-32(46)47)35-34(39)26(8-11-40-35)25-4-3-5-27(33(25)38)29-7-6-23(36(42-29)49-2)17-44-20-37(21-44)16-31(45)41-19-37/h3-8,11,14-15H,9-10,12-13,16-21H2,1-2H3,(H,41,45)(H,46,47). The van der Waals surface area contributed by atoms with Crippen LogP contribution in [0.5, 0.6) is 11.6 Å². The summed E-state index contributed by atoms with van der Waals surface area (Å²) in [6.07, 6.45) is 3.18. The lowest BCUT2D eigenvalue weighted by Gasteiger charge is -2.47. The minimum atomic E-state index is -0.804. The fourth-order valence-electron chi connectivity index (χ4n) is 7.39. The molecule has 4 aromatic rings. The van der Waals surface area contributed by atoms with E-state index in [0.717, 1.165) is 77.3 Å². The lowest BCUT2D eigenvalue weighted by molar-refractivity contribution is -0.137. The molecule has 2 saturated heterocycles. The molecule has 0 radical (unpaired) electrons. The summed E-state index contributed by atoms with van der Waals surface area (Å²) in [6, 6.07) is 15.7. The zero-order valence-electron chi connectivity index (χ0n) is 27.4. The number of carbonyl (C=O) groups excluding carboxylic acids is 1. The van der Waals surface area contributed by atoms with Crippen molar-refractivity contribution in [1.82, 2.24) is 25.1 Å². The Kier molecular flexibility index (Phi) is 9.23. The molecule has 12 heteroatoms. The molecule has 0 bridgehead atoms. The highest BCUT2D eigenvalue weighted by molar-refractivity contribution is 6.39. The average molecular weight is 703 g/mol. The van der Waals surface area contributed by atoms with Gasteiger partial charge in [-0.3, -0.25) is 24.4 Å². The van der Waals surface area contributed by atoms with E-state index in [4.69, 9.17) is 42.8 Å².